The lowest BCUT2D eigenvalue weighted by atomic mass is 9.98. The minimum Gasteiger partial charge on any atom is -0.467 e. The summed E-state index contributed by atoms with van der Waals surface area (Å²) in [4.78, 5) is 45.2. The largest absolute Gasteiger partial charge is 0.467 e. The van der Waals surface area contributed by atoms with Gasteiger partial charge in [0, 0.05) is 37.1 Å². The van der Waals surface area contributed by atoms with Crippen molar-refractivity contribution < 1.29 is 18.8 Å². The summed E-state index contributed by atoms with van der Waals surface area (Å²) in [6.07, 6.45) is 2.30. The number of nitrogens with zero attached hydrogens (tertiary/aromatic N) is 2. The third-order valence-electron chi connectivity index (χ3n) is 6.41. The van der Waals surface area contributed by atoms with Gasteiger partial charge in [-0.15, -0.1) is 0 Å². The Labute approximate surface area is 198 Å². The summed E-state index contributed by atoms with van der Waals surface area (Å²) < 4.78 is 5.26. The highest BCUT2D eigenvalue weighted by molar-refractivity contribution is 5.98. The van der Waals surface area contributed by atoms with Gasteiger partial charge in [0.15, 0.2) is 0 Å². The molecule has 1 aliphatic heterocycles. The molecular formula is C25H31N5O4. The number of aromatic amines is 1. The third-order valence-corrected chi connectivity index (χ3v) is 6.41. The Hall–Kier alpha value is -3.75. The normalized spacial score (nSPS) is 15.7. The third kappa shape index (κ3) is 5.24. The number of benzene rings is 1. The van der Waals surface area contributed by atoms with Crippen molar-refractivity contribution in [3.63, 3.8) is 0 Å². The van der Waals surface area contributed by atoms with E-state index in [1.165, 1.54) is 0 Å². The standard InChI is InChI=1S/C25H31N5O4/c1-3-17(2)22(23(31)26-16-19-8-6-14-34-19)28-25(33)30-12-10-29(11-13-30)24(32)21-15-18-7-4-5-9-20(18)27-21/h4-9,14-15,17,22,27H,3,10-13,16H2,1-2H3,(H,26,31)(H,28,33)/t17-,22-/m1/s1. The first-order valence-corrected chi connectivity index (χ1v) is 11.7. The Morgan fingerprint density at radius 1 is 1.06 bits per heavy atom. The minimum absolute atomic E-state index is 0.0366. The summed E-state index contributed by atoms with van der Waals surface area (Å²) in [5, 5.41) is 6.72. The van der Waals surface area contributed by atoms with E-state index in [4.69, 9.17) is 4.42 Å². The van der Waals surface area contributed by atoms with E-state index >= 15 is 0 Å². The first-order valence-electron chi connectivity index (χ1n) is 11.7. The summed E-state index contributed by atoms with van der Waals surface area (Å²) in [5.41, 5.74) is 1.47. The van der Waals surface area contributed by atoms with E-state index in [0.29, 0.717) is 37.6 Å². The van der Waals surface area contributed by atoms with Crippen LogP contribution in [-0.2, 0) is 11.3 Å². The van der Waals surface area contributed by atoms with Gasteiger partial charge in [-0.25, -0.2) is 4.79 Å². The van der Waals surface area contributed by atoms with Crippen molar-refractivity contribution in [2.45, 2.75) is 32.9 Å². The topological polar surface area (TPSA) is 111 Å². The molecule has 9 nitrogen and oxygen atoms in total. The molecule has 180 valence electrons. The number of hydrogen-bond donors (Lipinski definition) is 3. The number of urea groups is 1. The average molecular weight is 466 g/mol. The molecule has 0 unspecified atom stereocenters. The number of hydrogen-bond acceptors (Lipinski definition) is 4. The maximum absolute atomic E-state index is 12.9. The summed E-state index contributed by atoms with van der Waals surface area (Å²) in [6.45, 7) is 5.86. The van der Waals surface area contributed by atoms with Crippen LogP contribution in [0.5, 0.6) is 0 Å². The number of fused-ring (bicyclic) bond motifs is 1. The SMILES string of the molecule is CC[C@@H](C)[C@@H](NC(=O)N1CCN(C(=O)c2cc3ccccc3[nH]2)CC1)C(=O)NCc1ccco1. The zero-order valence-corrected chi connectivity index (χ0v) is 19.5. The number of amides is 4. The molecule has 1 aromatic carbocycles. The van der Waals surface area contributed by atoms with E-state index in [1.807, 2.05) is 44.2 Å². The van der Waals surface area contributed by atoms with Gasteiger partial charge in [-0.05, 0) is 30.2 Å². The molecule has 0 aliphatic carbocycles. The van der Waals surface area contributed by atoms with E-state index in [-0.39, 0.29) is 30.3 Å². The lowest BCUT2D eigenvalue weighted by Crippen LogP contribution is -2.57. The van der Waals surface area contributed by atoms with Crippen molar-refractivity contribution in [1.29, 1.82) is 0 Å². The van der Waals surface area contributed by atoms with Crippen LogP contribution in [0.3, 0.4) is 0 Å². The zero-order chi connectivity index (χ0) is 24.1. The Kier molecular flexibility index (Phi) is 7.20. The van der Waals surface area contributed by atoms with Crippen LogP contribution in [0.2, 0.25) is 0 Å². The number of nitrogens with one attached hydrogen (secondary N) is 3. The second-order valence-corrected chi connectivity index (χ2v) is 8.66. The molecule has 0 spiro atoms. The molecule has 0 bridgehead atoms. The second-order valence-electron chi connectivity index (χ2n) is 8.66. The Bertz CT molecular complexity index is 1100. The quantitative estimate of drug-likeness (QED) is 0.498. The molecule has 4 amide bonds. The Morgan fingerprint density at radius 2 is 1.79 bits per heavy atom. The van der Waals surface area contributed by atoms with Crippen molar-refractivity contribution in [2.24, 2.45) is 5.92 Å². The Morgan fingerprint density at radius 3 is 2.47 bits per heavy atom. The molecule has 1 aliphatic rings. The number of carbonyl (C=O) groups excluding carboxylic acids is 3. The van der Waals surface area contributed by atoms with Crippen LogP contribution < -0.4 is 10.6 Å². The van der Waals surface area contributed by atoms with E-state index in [9.17, 15) is 14.4 Å². The van der Waals surface area contributed by atoms with Crippen LogP contribution in [-0.4, -0.2) is 64.9 Å². The van der Waals surface area contributed by atoms with Gasteiger partial charge in [0.2, 0.25) is 5.91 Å². The summed E-state index contributed by atoms with van der Waals surface area (Å²) in [6, 6.07) is 12.2. The maximum Gasteiger partial charge on any atom is 0.318 e. The summed E-state index contributed by atoms with van der Waals surface area (Å²) in [7, 11) is 0. The van der Waals surface area contributed by atoms with Gasteiger partial charge in [-0.1, -0.05) is 38.5 Å². The van der Waals surface area contributed by atoms with Crippen molar-refractivity contribution in [3.8, 4) is 0 Å². The first kappa shape index (κ1) is 23.4. The number of para-hydroxylation sites is 1. The second kappa shape index (κ2) is 10.5. The van der Waals surface area contributed by atoms with Crippen molar-refractivity contribution in [3.05, 3.63) is 60.2 Å². The lowest BCUT2D eigenvalue weighted by molar-refractivity contribution is -0.124. The van der Waals surface area contributed by atoms with Crippen LogP contribution in [0, 0.1) is 5.92 Å². The van der Waals surface area contributed by atoms with Crippen molar-refractivity contribution >= 4 is 28.7 Å². The van der Waals surface area contributed by atoms with Gasteiger partial charge in [-0.3, -0.25) is 9.59 Å². The monoisotopic (exact) mass is 465 g/mol. The van der Waals surface area contributed by atoms with Gasteiger partial charge in [0.25, 0.3) is 5.91 Å². The summed E-state index contributed by atoms with van der Waals surface area (Å²) >= 11 is 0. The Balaban J connectivity index is 1.31. The molecule has 9 heteroatoms. The molecule has 0 radical (unpaired) electrons. The van der Waals surface area contributed by atoms with Crippen LogP contribution in [0.25, 0.3) is 10.9 Å². The first-order chi connectivity index (χ1) is 16.5. The smallest absolute Gasteiger partial charge is 0.318 e. The predicted molar refractivity (Wildman–Crippen MR) is 128 cm³/mol. The van der Waals surface area contributed by atoms with Gasteiger partial charge in [0.1, 0.15) is 17.5 Å². The molecule has 3 N–H and O–H groups in total. The van der Waals surface area contributed by atoms with Crippen LogP contribution in [0.4, 0.5) is 4.79 Å². The molecule has 1 saturated heterocycles. The zero-order valence-electron chi connectivity index (χ0n) is 19.5. The van der Waals surface area contributed by atoms with Crippen molar-refractivity contribution in [2.75, 3.05) is 26.2 Å². The number of carbonyl (C=O) groups is 3. The lowest BCUT2D eigenvalue weighted by Gasteiger charge is -2.35. The van der Waals surface area contributed by atoms with E-state index in [1.54, 1.807) is 28.2 Å². The number of aromatic nitrogens is 1. The fourth-order valence-corrected chi connectivity index (χ4v) is 4.10. The predicted octanol–water partition coefficient (Wildman–Crippen LogP) is 2.96. The van der Waals surface area contributed by atoms with Crippen LogP contribution >= 0.6 is 0 Å². The highest BCUT2D eigenvalue weighted by Gasteiger charge is 2.30. The molecule has 34 heavy (non-hydrogen) atoms. The number of H-pyrrole nitrogens is 1. The van der Waals surface area contributed by atoms with Crippen LogP contribution in [0.15, 0.2) is 53.1 Å². The molecule has 1 fully saturated rings. The molecule has 0 saturated carbocycles. The van der Waals surface area contributed by atoms with Crippen LogP contribution in [0.1, 0.15) is 36.5 Å². The fraction of sp³-hybridized carbons (Fsp3) is 0.400. The van der Waals surface area contributed by atoms with Gasteiger partial charge in [-0.2, -0.15) is 0 Å². The molecule has 2 aromatic heterocycles. The van der Waals surface area contributed by atoms with Gasteiger partial charge in [0.05, 0.1) is 12.8 Å². The maximum atomic E-state index is 12.9. The fourth-order valence-electron chi connectivity index (χ4n) is 4.10. The summed E-state index contributed by atoms with van der Waals surface area (Å²) in [5.74, 6) is 0.293. The number of piperazine rings is 1. The highest BCUT2D eigenvalue weighted by Crippen LogP contribution is 2.17. The van der Waals surface area contributed by atoms with E-state index in [2.05, 4.69) is 15.6 Å². The molecular weight excluding hydrogens is 434 g/mol. The average Bonchev–Trinajstić information content (AvgIpc) is 3.54. The van der Waals surface area contributed by atoms with E-state index < -0.39 is 6.04 Å². The van der Waals surface area contributed by atoms with Crippen molar-refractivity contribution in [1.82, 2.24) is 25.4 Å². The number of furan rings is 1. The van der Waals surface area contributed by atoms with Gasteiger partial charge >= 0.3 is 6.03 Å². The van der Waals surface area contributed by atoms with E-state index in [0.717, 1.165) is 17.3 Å². The highest BCUT2D eigenvalue weighted by atomic mass is 16.3. The number of rotatable bonds is 7. The van der Waals surface area contributed by atoms with Gasteiger partial charge < -0.3 is 29.8 Å². The molecule has 3 aromatic rings. The minimum atomic E-state index is -0.654. The molecule has 4 rings (SSSR count). The molecule has 2 atom stereocenters. The molecule has 3 heterocycles.